The van der Waals surface area contributed by atoms with E-state index in [1.807, 2.05) is 6.92 Å². The van der Waals surface area contributed by atoms with Crippen molar-refractivity contribution in [1.29, 1.82) is 0 Å². The summed E-state index contributed by atoms with van der Waals surface area (Å²) in [6.45, 7) is 9.75. The summed E-state index contributed by atoms with van der Waals surface area (Å²) in [6.07, 6.45) is 11.3. The molecule has 0 saturated heterocycles. The van der Waals surface area contributed by atoms with E-state index in [2.05, 4.69) is 32.9 Å². The molecule has 0 bridgehead atoms. The molecule has 2 rings (SSSR count). The van der Waals surface area contributed by atoms with Gasteiger partial charge in [0.25, 0.3) is 0 Å². The molecule has 1 aliphatic heterocycles. The fourth-order valence-electron chi connectivity index (χ4n) is 3.59. The van der Waals surface area contributed by atoms with Crippen LogP contribution in [0.25, 0.3) is 0 Å². The van der Waals surface area contributed by atoms with Crippen molar-refractivity contribution in [2.45, 2.75) is 78.0 Å². The SMILES string of the molecule is CC(C)=CCC/C(C)=C/[C@H]1C/C(C)=C\O[C@H]2C=C(C)C(=O)C[C@@]2(N)/C(CO)=C\O1. The van der Waals surface area contributed by atoms with Crippen LogP contribution in [0, 0.1) is 0 Å². The van der Waals surface area contributed by atoms with Crippen LogP contribution in [0.15, 0.2) is 58.6 Å². The third kappa shape index (κ3) is 6.18. The maximum absolute atomic E-state index is 12.3. The number of fused-ring (bicyclic) bond motifs is 1. The molecule has 0 amide bonds. The van der Waals surface area contributed by atoms with Gasteiger partial charge in [0.05, 0.1) is 24.7 Å². The van der Waals surface area contributed by atoms with Crippen LogP contribution in [0.5, 0.6) is 0 Å². The molecule has 3 N–H and O–H groups in total. The number of hydrogen-bond acceptors (Lipinski definition) is 5. The zero-order valence-electron chi connectivity index (χ0n) is 18.3. The van der Waals surface area contributed by atoms with Gasteiger partial charge in [-0.05, 0) is 70.8 Å². The number of aliphatic hydroxyl groups excluding tert-OH is 1. The van der Waals surface area contributed by atoms with Gasteiger partial charge in [0.1, 0.15) is 12.2 Å². The maximum atomic E-state index is 12.3. The molecule has 0 radical (unpaired) electrons. The van der Waals surface area contributed by atoms with Crippen molar-refractivity contribution in [3.8, 4) is 0 Å². The number of allylic oxidation sites excluding steroid dienone is 4. The van der Waals surface area contributed by atoms with E-state index in [1.54, 1.807) is 19.3 Å². The van der Waals surface area contributed by atoms with Crippen molar-refractivity contribution in [3.05, 3.63) is 58.6 Å². The van der Waals surface area contributed by atoms with Gasteiger partial charge < -0.3 is 20.3 Å². The molecular weight excluding hydrogens is 366 g/mol. The van der Waals surface area contributed by atoms with Crippen LogP contribution in [0.1, 0.15) is 60.3 Å². The molecule has 0 saturated carbocycles. The molecule has 5 nitrogen and oxygen atoms in total. The maximum Gasteiger partial charge on any atom is 0.160 e. The highest BCUT2D eigenvalue weighted by Gasteiger charge is 2.44. The summed E-state index contributed by atoms with van der Waals surface area (Å²) in [4.78, 5) is 12.3. The predicted molar refractivity (Wildman–Crippen MR) is 116 cm³/mol. The van der Waals surface area contributed by atoms with E-state index >= 15 is 0 Å². The number of rotatable bonds is 5. The third-order valence-electron chi connectivity index (χ3n) is 5.46. The number of Topliss-reactive ketones (excluding diaryl/α,β-unsaturated/α-hetero) is 1. The standard InChI is InChI=1S/C24H35NO4/c1-16(2)7-6-8-17(3)9-21-10-18(4)14-29-23-11-19(5)22(27)12-24(23,25)20(13-26)15-28-21/h7,9,11,14-15,21,23,26H,6,8,10,12-13,25H2,1-5H3/b17-9+,18-14-,20-15-/t21-,23-,24+/m0/s1. The molecule has 160 valence electrons. The van der Waals surface area contributed by atoms with Crippen molar-refractivity contribution in [3.63, 3.8) is 0 Å². The molecule has 0 aromatic heterocycles. The first-order valence-corrected chi connectivity index (χ1v) is 10.2. The lowest BCUT2D eigenvalue weighted by molar-refractivity contribution is -0.118. The Morgan fingerprint density at radius 1 is 1.28 bits per heavy atom. The van der Waals surface area contributed by atoms with Gasteiger partial charge in [-0.15, -0.1) is 0 Å². The van der Waals surface area contributed by atoms with Gasteiger partial charge in [-0.1, -0.05) is 17.2 Å². The second-order valence-electron chi connectivity index (χ2n) is 8.52. The zero-order chi connectivity index (χ0) is 21.6. The van der Waals surface area contributed by atoms with Crippen molar-refractivity contribution < 1.29 is 19.4 Å². The van der Waals surface area contributed by atoms with Crippen LogP contribution >= 0.6 is 0 Å². The summed E-state index contributed by atoms with van der Waals surface area (Å²) in [6, 6.07) is 0. The molecule has 5 heteroatoms. The number of nitrogens with two attached hydrogens (primary N) is 1. The van der Waals surface area contributed by atoms with Crippen molar-refractivity contribution in [2.75, 3.05) is 6.61 Å². The second kappa shape index (κ2) is 10.1. The highest BCUT2D eigenvalue weighted by molar-refractivity contribution is 5.97. The summed E-state index contributed by atoms with van der Waals surface area (Å²) in [5, 5.41) is 9.96. The Kier molecular flexibility index (Phi) is 8.05. The van der Waals surface area contributed by atoms with Crippen molar-refractivity contribution in [1.82, 2.24) is 0 Å². The molecular formula is C24H35NO4. The first-order chi connectivity index (χ1) is 13.7. The number of ketones is 1. The third-order valence-corrected chi connectivity index (χ3v) is 5.46. The van der Waals surface area contributed by atoms with Gasteiger partial charge in [-0.3, -0.25) is 4.79 Å². The van der Waals surface area contributed by atoms with Gasteiger partial charge in [-0.2, -0.15) is 0 Å². The monoisotopic (exact) mass is 401 g/mol. The van der Waals surface area contributed by atoms with Crippen molar-refractivity contribution >= 4 is 5.78 Å². The highest BCUT2D eigenvalue weighted by atomic mass is 16.5. The van der Waals surface area contributed by atoms with E-state index in [4.69, 9.17) is 15.2 Å². The van der Waals surface area contributed by atoms with E-state index in [0.29, 0.717) is 17.6 Å². The van der Waals surface area contributed by atoms with Crippen LogP contribution in [-0.2, 0) is 14.3 Å². The van der Waals surface area contributed by atoms with Gasteiger partial charge >= 0.3 is 0 Å². The fourth-order valence-corrected chi connectivity index (χ4v) is 3.59. The van der Waals surface area contributed by atoms with E-state index in [1.165, 1.54) is 17.4 Å². The van der Waals surface area contributed by atoms with Gasteiger partial charge in [0.2, 0.25) is 0 Å². The van der Waals surface area contributed by atoms with E-state index in [9.17, 15) is 9.90 Å². The molecule has 0 aromatic carbocycles. The molecule has 29 heavy (non-hydrogen) atoms. The highest BCUT2D eigenvalue weighted by Crippen LogP contribution is 2.33. The Labute approximate surface area is 174 Å². The lowest BCUT2D eigenvalue weighted by Gasteiger charge is -2.39. The van der Waals surface area contributed by atoms with E-state index in [0.717, 1.165) is 18.4 Å². The first-order valence-electron chi connectivity index (χ1n) is 10.2. The van der Waals surface area contributed by atoms with E-state index in [-0.39, 0.29) is 24.9 Å². The predicted octanol–water partition coefficient (Wildman–Crippen LogP) is 4.25. The molecule has 3 atom stereocenters. The lowest BCUT2D eigenvalue weighted by atomic mass is 9.75. The molecule has 0 unspecified atom stereocenters. The minimum Gasteiger partial charge on any atom is -0.494 e. The number of hydrogen-bond donors (Lipinski definition) is 2. The molecule has 1 heterocycles. The molecule has 0 aromatic rings. The van der Waals surface area contributed by atoms with Crippen LogP contribution in [0.2, 0.25) is 0 Å². The molecule has 2 aliphatic rings. The lowest BCUT2D eigenvalue weighted by Crippen LogP contribution is -2.56. The summed E-state index contributed by atoms with van der Waals surface area (Å²) in [7, 11) is 0. The van der Waals surface area contributed by atoms with Crippen molar-refractivity contribution in [2.24, 2.45) is 5.73 Å². The summed E-state index contributed by atoms with van der Waals surface area (Å²) in [5.41, 5.74) is 10.1. The van der Waals surface area contributed by atoms with E-state index < -0.39 is 11.6 Å². The first kappa shape index (κ1) is 23.2. The number of carbonyl (C=O) groups is 1. The fraction of sp³-hybridized carbons (Fsp3) is 0.542. The Morgan fingerprint density at radius 3 is 2.66 bits per heavy atom. The summed E-state index contributed by atoms with van der Waals surface area (Å²) < 4.78 is 12.0. The average Bonchev–Trinajstić information content (AvgIpc) is 2.63. The largest absolute Gasteiger partial charge is 0.494 e. The number of aliphatic hydroxyl groups is 1. The quantitative estimate of drug-likeness (QED) is 0.673. The zero-order valence-corrected chi connectivity index (χ0v) is 18.3. The van der Waals surface area contributed by atoms with Crippen LogP contribution in [-0.4, -0.2) is 35.2 Å². The average molecular weight is 402 g/mol. The number of carbonyl (C=O) groups excluding carboxylic acids is 1. The minimum atomic E-state index is -1.13. The molecule has 0 fully saturated rings. The van der Waals surface area contributed by atoms with Gasteiger partial charge in [0.15, 0.2) is 5.78 Å². The topological polar surface area (TPSA) is 81.8 Å². The number of ether oxygens (including phenoxy) is 2. The molecule has 0 spiro atoms. The van der Waals surface area contributed by atoms with Crippen LogP contribution in [0.3, 0.4) is 0 Å². The Hall–Kier alpha value is -2.11. The van der Waals surface area contributed by atoms with Gasteiger partial charge in [-0.25, -0.2) is 0 Å². The Morgan fingerprint density at radius 2 is 2.00 bits per heavy atom. The smallest absolute Gasteiger partial charge is 0.160 e. The minimum absolute atomic E-state index is 0.0453. The summed E-state index contributed by atoms with van der Waals surface area (Å²) >= 11 is 0. The Bertz CT molecular complexity index is 768. The molecule has 1 aliphatic carbocycles. The Balaban J connectivity index is 2.30. The van der Waals surface area contributed by atoms with Crippen LogP contribution in [0.4, 0.5) is 0 Å². The second-order valence-corrected chi connectivity index (χ2v) is 8.52. The summed E-state index contributed by atoms with van der Waals surface area (Å²) in [5.74, 6) is -0.0453. The van der Waals surface area contributed by atoms with Crippen LogP contribution < -0.4 is 5.73 Å². The normalized spacial score (nSPS) is 31.8. The van der Waals surface area contributed by atoms with Gasteiger partial charge in [0, 0.05) is 18.4 Å².